The number of rotatable bonds is 8. The number of carbonyl (C=O) groups is 1. The standard InChI is InChI=1S/C35H39N3O2/c1-22(2)17-24-5-9-27(10-6-24)28-11-7-25(8-12-28)21-37-34(39)29-13-15-30(16-14-29)35-38-32-19-26(20-36)18-31(23(3)4)33(32)40-35/h5-6,9-10,13-16,18-19,22-23,25,28H,7-8,11-12,17,21H2,1-4H3,(H,37,39). The Labute approximate surface area is 237 Å². The molecule has 1 N–H and O–H groups in total. The van der Waals surface area contributed by atoms with Crippen LogP contribution < -0.4 is 5.32 Å². The Bertz CT molecular complexity index is 1500. The highest BCUT2D eigenvalue weighted by Crippen LogP contribution is 2.36. The molecule has 3 aromatic carbocycles. The number of hydrogen-bond donors (Lipinski definition) is 1. The van der Waals surface area contributed by atoms with Gasteiger partial charge in [0.05, 0.1) is 11.6 Å². The molecule has 1 amide bonds. The maximum atomic E-state index is 12.9. The lowest BCUT2D eigenvalue weighted by Crippen LogP contribution is -2.31. The number of amides is 1. The van der Waals surface area contributed by atoms with Crippen molar-refractivity contribution in [3.8, 4) is 17.5 Å². The number of nitrogens with zero attached hydrogens (tertiary/aromatic N) is 2. The maximum absolute atomic E-state index is 12.9. The summed E-state index contributed by atoms with van der Waals surface area (Å²) in [6.45, 7) is 9.38. The fourth-order valence-corrected chi connectivity index (χ4v) is 5.88. The van der Waals surface area contributed by atoms with E-state index in [1.807, 2.05) is 30.3 Å². The number of aromatic nitrogens is 1. The van der Waals surface area contributed by atoms with Crippen molar-refractivity contribution in [2.24, 2.45) is 11.8 Å². The summed E-state index contributed by atoms with van der Waals surface area (Å²) in [6.07, 6.45) is 5.77. The van der Waals surface area contributed by atoms with Crippen molar-refractivity contribution in [3.05, 3.63) is 88.5 Å². The van der Waals surface area contributed by atoms with Gasteiger partial charge < -0.3 is 9.73 Å². The lowest BCUT2D eigenvalue weighted by atomic mass is 9.78. The van der Waals surface area contributed by atoms with E-state index in [4.69, 9.17) is 4.42 Å². The Morgan fingerprint density at radius 2 is 1.70 bits per heavy atom. The van der Waals surface area contributed by atoms with Gasteiger partial charge in [0.15, 0.2) is 5.58 Å². The van der Waals surface area contributed by atoms with E-state index in [1.165, 1.54) is 24.0 Å². The molecule has 1 saturated carbocycles. The average molecular weight is 534 g/mol. The molecule has 1 fully saturated rings. The van der Waals surface area contributed by atoms with Crippen LogP contribution in [0.4, 0.5) is 0 Å². The average Bonchev–Trinajstić information content (AvgIpc) is 3.40. The number of fused-ring (bicyclic) bond motifs is 1. The van der Waals surface area contributed by atoms with E-state index in [-0.39, 0.29) is 11.8 Å². The van der Waals surface area contributed by atoms with Gasteiger partial charge in [-0.25, -0.2) is 4.98 Å². The van der Waals surface area contributed by atoms with E-state index in [0.29, 0.717) is 52.4 Å². The predicted molar refractivity (Wildman–Crippen MR) is 160 cm³/mol. The molecule has 206 valence electrons. The third-order valence-corrected chi connectivity index (χ3v) is 8.16. The van der Waals surface area contributed by atoms with Gasteiger partial charge in [-0.3, -0.25) is 4.79 Å². The van der Waals surface area contributed by atoms with Gasteiger partial charge in [-0.2, -0.15) is 5.26 Å². The van der Waals surface area contributed by atoms with E-state index in [1.54, 1.807) is 6.07 Å². The lowest BCUT2D eigenvalue weighted by molar-refractivity contribution is 0.0943. The van der Waals surface area contributed by atoms with Gasteiger partial charge in [0.1, 0.15) is 5.52 Å². The zero-order chi connectivity index (χ0) is 28.2. The number of hydrogen-bond acceptors (Lipinski definition) is 4. The normalized spacial score (nSPS) is 17.3. The third-order valence-electron chi connectivity index (χ3n) is 8.16. The smallest absolute Gasteiger partial charge is 0.251 e. The molecular weight excluding hydrogens is 494 g/mol. The van der Waals surface area contributed by atoms with Crippen LogP contribution in [0.2, 0.25) is 0 Å². The fourth-order valence-electron chi connectivity index (χ4n) is 5.88. The largest absolute Gasteiger partial charge is 0.436 e. The molecule has 1 aliphatic carbocycles. The van der Waals surface area contributed by atoms with Gasteiger partial charge in [-0.15, -0.1) is 0 Å². The predicted octanol–water partition coefficient (Wildman–Crippen LogP) is 8.39. The van der Waals surface area contributed by atoms with Crippen molar-refractivity contribution in [1.82, 2.24) is 10.3 Å². The molecule has 5 nitrogen and oxygen atoms in total. The number of carbonyl (C=O) groups excluding carboxylic acids is 1. The molecule has 1 heterocycles. The molecule has 0 saturated heterocycles. The Morgan fingerprint density at radius 3 is 2.33 bits per heavy atom. The third kappa shape index (κ3) is 6.28. The van der Waals surface area contributed by atoms with Crippen LogP contribution in [0.25, 0.3) is 22.6 Å². The second kappa shape index (κ2) is 12.1. The minimum atomic E-state index is -0.0484. The molecular formula is C35H39N3O2. The number of nitriles is 1. The summed E-state index contributed by atoms with van der Waals surface area (Å²) in [5.41, 5.74) is 7.25. The molecule has 0 spiro atoms. The molecule has 5 heteroatoms. The highest BCUT2D eigenvalue weighted by atomic mass is 16.3. The topological polar surface area (TPSA) is 78.9 Å². The molecule has 4 aromatic rings. The highest BCUT2D eigenvalue weighted by molar-refractivity contribution is 5.94. The zero-order valence-corrected chi connectivity index (χ0v) is 24.0. The first-order valence-corrected chi connectivity index (χ1v) is 14.6. The monoisotopic (exact) mass is 533 g/mol. The minimum Gasteiger partial charge on any atom is -0.436 e. The van der Waals surface area contributed by atoms with E-state index < -0.39 is 0 Å². The van der Waals surface area contributed by atoms with Crippen LogP contribution in [0, 0.1) is 23.2 Å². The molecule has 1 aromatic heterocycles. The van der Waals surface area contributed by atoms with Gasteiger partial charge >= 0.3 is 0 Å². The zero-order valence-electron chi connectivity index (χ0n) is 24.0. The first-order chi connectivity index (χ1) is 19.3. The van der Waals surface area contributed by atoms with Crippen LogP contribution in [-0.2, 0) is 6.42 Å². The quantitative estimate of drug-likeness (QED) is 0.247. The number of oxazole rings is 1. The first kappa shape index (κ1) is 27.6. The minimum absolute atomic E-state index is 0.0484. The molecule has 0 unspecified atom stereocenters. The summed E-state index contributed by atoms with van der Waals surface area (Å²) in [7, 11) is 0. The molecule has 0 radical (unpaired) electrons. The molecule has 1 aliphatic rings. The Morgan fingerprint density at radius 1 is 1.00 bits per heavy atom. The van der Waals surface area contributed by atoms with Crippen molar-refractivity contribution < 1.29 is 9.21 Å². The Balaban J connectivity index is 1.15. The highest BCUT2D eigenvalue weighted by Gasteiger charge is 2.23. The summed E-state index contributed by atoms with van der Waals surface area (Å²) >= 11 is 0. The van der Waals surface area contributed by atoms with Gasteiger partial charge in [0, 0.05) is 23.2 Å². The van der Waals surface area contributed by atoms with Gasteiger partial charge in [0.25, 0.3) is 5.91 Å². The van der Waals surface area contributed by atoms with Gasteiger partial charge in [-0.1, -0.05) is 52.0 Å². The van der Waals surface area contributed by atoms with Crippen LogP contribution in [0.15, 0.2) is 65.1 Å². The van der Waals surface area contributed by atoms with Crippen LogP contribution >= 0.6 is 0 Å². The van der Waals surface area contributed by atoms with Crippen molar-refractivity contribution in [1.29, 1.82) is 5.26 Å². The van der Waals surface area contributed by atoms with Crippen LogP contribution in [0.5, 0.6) is 0 Å². The fraction of sp³-hybridized carbons (Fsp3) is 0.400. The van der Waals surface area contributed by atoms with E-state index in [2.05, 4.69) is 68.3 Å². The molecule has 0 bridgehead atoms. The van der Waals surface area contributed by atoms with Gasteiger partial charge in [0.2, 0.25) is 5.89 Å². The SMILES string of the molecule is CC(C)Cc1ccc(C2CCC(CNC(=O)c3ccc(-c4nc5cc(C#N)cc(C(C)C)c5o4)cc3)CC2)cc1. The molecule has 40 heavy (non-hydrogen) atoms. The second-order valence-electron chi connectivity index (χ2n) is 12.0. The van der Waals surface area contributed by atoms with Crippen LogP contribution in [0.1, 0.15) is 97.8 Å². The van der Waals surface area contributed by atoms with Crippen molar-refractivity contribution in [2.75, 3.05) is 6.54 Å². The van der Waals surface area contributed by atoms with Crippen molar-refractivity contribution in [2.45, 2.75) is 71.6 Å². The number of benzene rings is 3. The molecule has 0 atom stereocenters. The summed E-state index contributed by atoms with van der Waals surface area (Å²) in [5, 5.41) is 12.5. The van der Waals surface area contributed by atoms with E-state index >= 15 is 0 Å². The lowest BCUT2D eigenvalue weighted by Gasteiger charge is -2.29. The maximum Gasteiger partial charge on any atom is 0.251 e. The second-order valence-corrected chi connectivity index (χ2v) is 12.0. The summed E-state index contributed by atoms with van der Waals surface area (Å²) in [6, 6.07) is 22.5. The summed E-state index contributed by atoms with van der Waals surface area (Å²) < 4.78 is 6.11. The molecule has 5 rings (SSSR count). The summed E-state index contributed by atoms with van der Waals surface area (Å²) in [5.74, 6) is 2.48. The Hall–Kier alpha value is -3.91. The summed E-state index contributed by atoms with van der Waals surface area (Å²) in [4.78, 5) is 17.5. The first-order valence-electron chi connectivity index (χ1n) is 14.6. The van der Waals surface area contributed by atoms with E-state index in [0.717, 1.165) is 30.4 Å². The van der Waals surface area contributed by atoms with E-state index in [9.17, 15) is 10.1 Å². The molecule has 0 aliphatic heterocycles. The van der Waals surface area contributed by atoms with Crippen LogP contribution in [0.3, 0.4) is 0 Å². The number of nitrogens with one attached hydrogen (secondary N) is 1. The van der Waals surface area contributed by atoms with Crippen molar-refractivity contribution in [3.63, 3.8) is 0 Å². The van der Waals surface area contributed by atoms with Crippen molar-refractivity contribution >= 4 is 17.0 Å². The van der Waals surface area contributed by atoms with Gasteiger partial charge in [-0.05, 0) is 103 Å². The Kier molecular flexibility index (Phi) is 8.35. The van der Waals surface area contributed by atoms with Crippen LogP contribution in [-0.4, -0.2) is 17.4 Å².